The first-order chi connectivity index (χ1) is 15.2. The number of benzene rings is 2. The number of para-hydroxylation sites is 4. The van der Waals surface area contributed by atoms with Crippen molar-refractivity contribution in [3.05, 3.63) is 78.5 Å². The predicted molar refractivity (Wildman–Crippen MR) is 117 cm³/mol. The van der Waals surface area contributed by atoms with Crippen molar-refractivity contribution in [2.45, 2.75) is 25.9 Å². The molecule has 1 atom stereocenters. The van der Waals surface area contributed by atoms with Crippen molar-refractivity contribution in [3.63, 3.8) is 0 Å². The van der Waals surface area contributed by atoms with Crippen molar-refractivity contribution in [1.29, 1.82) is 0 Å². The van der Waals surface area contributed by atoms with Gasteiger partial charge in [-0.25, -0.2) is 4.98 Å². The summed E-state index contributed by atoms with van der Waals surface area (Å²) in [7, 11) is 1.63. The summed E-state index contributed by atoms with van der Waals surface area (Å²) in [5, 5.41) is 2.97. The second-order valence-electron chi connectivity index (χ2n) is 7.14. The predicted octanol–water partition coefficient (Wildman–Crippen LogP) is 4.60. The Hall–Kier alpha value is -3.74. The number of carbonyl (C=O) groups excluding carboxylic acids is 1. The number of methoxy groups -OCH3 is 1. The van der Waals surface area contributed by atoms with Crippen molar-refractivity contribution in [3.8, 4) is 11.5 Å². The van der Waals surface area contributed by atoms with Crippen LogP contribution in [0.2, 0.25) is 0 Å². The molecular formula is C24H25N3O4. The second-order valence-corrected chi connectivity index (χ2v) is 7.14. The van der Waals surface area contributed by atoms with Crippen LogP contribution in [0.15, 0.2) is 71.3 Å². The average molecular weight is 419 g/mol. The number of carbonyl (C=O) groups is 1. The summed E-state index contributed by atoms with van der Waals surface area (Å²) in [6, 6.07) is 18.6. The summed E-state index contributed by atoms with van der Waals surface area (Å²) in [4.78, 5) is 17.2. The number of nitrogens with zero attached hydrogens (tertiary/aromatic N) is 2. The number of ether oxygens (including phenoxy) is 2. The van der Waals surface area contributed by atoms with Crippen LogP contribution in [0.4, 0.5) is 0 Å². The molecule has 0 aliphatic carbocycles. The third kappa shape index (κ3) is 4.55. The molecule has 0 unspecified atom stereocenters. The van der Waals surface area contributed by atoms with Gasteiger partial charge in [0.15, 0.2) is 17.3 Å². The molecule has 7 heteroatoms. The van der Waals surface area contributed by atoms with Crippen LogP contribution >= 0.6 is 0 Å². The highest BCUT2D eigenvalue weighted by Crippen LogP contribution is 2.26. The summed E-state index contributed by atoms with van der Waals surface area (Å²) in [6.45, 7) is 3.15. The van der Waals surface area contributed by atoms with Gasteiger partial charge in [0.2, 0.25) is 0 Å². The Bertz CT molecular complexity index is 1150. The van der Waals surface area contributed by atoms with Gasteiger partial charge in [0.05, 0.1) is 37.1 Å². The van der Waals surface area contributed by atoms with Gasteiger partial charge in [-0.05, 0) is 49.7 Å². The molecule has 0 saturated carbocycles. The van der Waals surface area contributed by atoms with Crippen LogP contribution in [0.25, 0.3) is 11.0 Å². The van der Waals surface area contributed by atoms with Crippen molar-refractivity contribution in [1.82, 2.24) is 14.9 Å². The standard InChI is InChI=1S/C24H25N3O4/c1-17(25-24(28)22-13-7-15-31-22)23-26-18-9-3-4-10-19(18)27(23)14-8-16-30-21-12-6-5-11-20(21)29-2/h3-7,9-13,15,17H,8,14,16H2,1-2H3,(H,25,28)/t17-/m1/s1. The second kappa shape index (κ2) is 9.38. The molecule has 2 aromatic heterocycles. The molecule has 7 nitrogen and oxygen atoms in total. The molecule has 0 saturated heterocycles. The van der Waals surface area contributed by atoms with E-state index in [2.05, 4.69) is 9.88 Å². The van der Waals surface area contributed by atoms with Crippen molar-refractivity contribution < 1.29 is 18.7 Å². The fraction of sp³-hybridized carbons (Fsp3) is 0.250. The molecular weight excluding hydrogens is 394 g/mol. The van der Waals surface area contributed by atoms with Crippen LogP contribution < -0.4 is 14.8 Å². The molecule has 0 bridgehead atoms. The monoisotopic (exact) mass is 419 g/mol. The van der Waals surface area contributed by atoms with Gasteiger partial charge in [-0.15, -0.1) is 0 Å². The Morgan fingerprint density at radius 3 is 2.65 bits per heavy atom. The Kier molecular flexibility index (Phi) is 6.21. The number of aromatic nitrogens is 2. The largest absolute Gasteiger partial charge is 0.493 e. The maximum absolute atomic E-state index is 12.4. The van der Waals surface area contributed by atoms with Gasteiger partial charge >= 0.3 is 0 Å². The topological polar surface area (TPSA) is 78.5 Å². The van der Waals surface area contributed by atoms with E-state index in [1.165, 1.54) is 6.26 Å². The lowest BCUT2D eigenvalue weighted by molar-refractivity contribution is 0.0909. The van der Waals surface area contributed by atoms with E-state index in [4.69, 9.17) is 18.9 Å². The minimum atomic E-state index is -0.292. The third-order valence-electron chi connectivity index (χ3n) is 5.02. The zero-order valence-corrected chi connectivity index (χ0v) is 17.6. The smallest absolute Gasteiger partial charge is 0.287 e. The van der Waals surface area contributed by atoms with E-state index in [0.717, 1.165) is 29.0 Å². The average Bonchev–Trinajstić information content (AvgIpc) is 3.45. The van der Waals surface area contributed by atoms with E-state index in [1.807, 2.05) is 55.5 Å². The lowest BCUT2D eigenvalue weighted by Gasteiger charge is -2.16. The molecule has 31 heavy (non-hydrogen) atoms. The Morgan fingerprint density at radius 2 is 1.87 bits per heavy atom. The van der Waals surface area contributed by atoms with Crippen LogP contribution in [-0.4, -0.2) is 29.2 Å². The summed E-state index contributed by atoms with van der Waals surface area (Å²) < 4.78 is 18.6. The molecule has 4 aromatic rings. The molecule has 2 heterocycles. The number of hydrogen-bond donors (Lipinski definition) is 1. The number of hydrogen-bond acceptors (Lipinski definition) is 5. The van der Waals surface area contributed by atoms with Gasteiger partial charge in [0.25, 0.3) is 5.91 Å². The molecule has 1 N–H and O–H groups in total. The van der Waals surface area contributed by atoms with Crippen LogP contribution in [-0.2, 0) is 6.54 Å². The molecule has 1 amide bonds. The first kappa shape index (κ1) is 20.5. The van der Waals surface area contributed by atoms with E-state index in [9.17, 15) is 4.79 Å². The SMILES string of the molecule is COc1ccccc1OCCCn1c([C@@H](C)NC(=O)c2ccco2)nc2ccccc21. The molecule has 4 rings (SSSR count). The van der Waals surface area contributed by atoms with E-state index in [-0.39, 0.29) is 17.7 Å². The Morgan fingerprint density at radius 1 is 1.10 bits per heavy atom. The number of fused-ring (bicyclic) bond motifs is 1. The first-order valence-electron chi connectivity index (χ1n) is 10.2. The van der Waals surface area contributed by atoms with Gasteiger partial charge in [-0.2, -0.15) is 0 Å². The van der Waals surface area contributed by atoms with Gasteiger partial charge in [-0.1, -0.05) is 24.3 Å². The lowest BCUT2D eigenvalue weighted by Crippen LogP contribution is -2.28. The highest BCUT2D eigenvalue weighted by atomic mass is 16.5. The maximum Gasteiger partial charge on any atom is 0.287 e. The fourth-order valence-corrected chi connectivity index (χ4v) is 3.54. The maximum atomic E-state index is 12.4. The number of imidazole rings is 1. The Balaban J connectivity index is 1.48. The summed E-state index contributed by atoms with van der Waals surface area (Å²) in [6.07, 6.45) is 2.25. The normalized spacial score (nSPS) is 11.9. The molecule has 0 aliphatic heterocycles. The van der Waals surface area contributed by atoms with E-state index in [1.54, 1.807) is 19.2 Å². The fourth-order valence-electron chi connectivity index (χ4n) is 3.54. The quantitative estimate of drug-likeness (QED) is 0.401. The minimum Gasteiger partial charge on any atom is -0.493 e. The molecule has 0 radical (unpaired) electrons. The van der Waals surface area contributed by atoms with E-state index < -0.39 is 0 Å². The highest BCUT2D eigenvalue weighted by molar-refractivity contribution is 5.91. The number of furan rings is 1. The van der Waals surface area contributed by atoms with Gasteiger partial charge in [-0.3, -0.25) is 4.79 Å². The van der Waals surface area contributed by atoms with Gasteiger partial charge in [0.1, 0.15) is 5.82 Å². The number of rotatable bonds is 9. The van der Waals surface area contributed by atoms with Crippen LogP contribution in [0.5, 0.6) is 11.5 Å². The molecule has 160 valence electrons. The number of nitrogens with one attached hydrogen (secondary N) is 1. The molecule has 0 spiro atoms. The first-order valence-corrected chi connectivity index (χ1v) is 10.2. The highest BCUT2D eigenvalue weighted by Gasteiger charge is 2.20. The number of aryl methyl sites for hydroxylation is 1. The van der Waals surface area contributed by atoms with Crippen LogP contribution in [0.3, 0.4) is 0 Å². The zero-order valence-electron chi connectivity index (χ0n) is 17.6. The molecule has 0 fully saturated rings. The van der Waals surface area contributed by atoms with E-state index in [0.29, 0.717) is 18.9 Å². The summed E-state index contributed by atoms with van der Waals surface area (Å²) in [5.41, 5.74) is 1.91. The van der Waals surface area contributed by atoms with Gasteiger partial charge in [0, 0.05) is 6.54 Å². The third-order valence-corrected chi connectivity index (χ3v) is 5.02. The van der Waals surface area contributed by atoms with Gasteiger partial charge < -0.3 is 23.8 Å². The van der Waals surface area contributed by atoms with Crippen LogP contribution in [0, 0.1) is 0 Å². The molecule has 0 aliphatic rings. The Labute approximate surface area is 180 Å². The van der Waals surface area contributed by atoms with E-state index >= 15 is 0 Å². The van der Waals surface area contributed by atoms with Crippen LogP contribution in [0.1, 0.15) is 35.8 Å². The zero-order chi connectivity index (χ0) is 21.6. The number of amides is 1. The summed E-state index contributed by atoms with van der Waals surface area (Å²) >= 11 is 0. The van der Waals surface area contributed by atoms with Crippen molar-refractivity contribution >= 4 is 16.9 Å². The van der Waals surface area contributed by atoms with Crippen molar-refractivity contribution in [2.75, 3.05) is 13.7 Å². The van der Waals surface area contributed by atoms with Crippen molar-refractivity contribution in [2.24, 2.45) is 0 Å². The molecule has 2 aromatic carbocycles. The summed E-state index contributed by atoms with van der Waals surface area (Å²) in [5.74, 6) is 2.24. The minimum absolute atomic E-state index is 0.268. The lowest BCUT2D eigenvalue weighted by atomic mass is 10.2.